The standard InChI is InChI=1S/C15H19N5/c1-10-7-8-11-5-3-4-6-12(11)20(10)14-9-13(17-2)18-15(16)19-14/h3-6,9-10H,7-8H2,1-2H3,(H3,16,17,18,19). The summed E-state index contributed by atoms with van der Waals surface area (Å²) in [7, 11) is 1.83. The van der Waals surface area contributed by atoms with Crippen molar-refractivity contribution >= 4 is 23.3 Å². The largest absolute Gasteiger partial charge is 0.373 e. The number of rotatable bonds is 2. The molecule has 0 aliphatic carbocycles. The van der Waals surface area contributed by atoms with E-state index in [2.05, 4.69) is 51.4 Å². The van der Waals surface area contributed by atoms with Crippen molar-refractivity contribution in [1.82, 2.24) is 9.97 Å². The third-order valence-electron chi connectivity index (χ3n) is 3.76. The SMILES string of the molecule is CNc1cc(N2c3ccccc3CCC2C)nc(N)n1. The number of nitrogen functional groups attached to an aromatic ring is 1. The molecule has 1 atom stereocenters. The van der Waals surface area contributed by atoms with E-state index in [4.69, 9.17) is 5.73 Å². The Morgan fingerprint density at radius 3 is 2.90 bits per heavy atom. The van der Waals surface area contributed by atoms with Crippen LogP contribution in [-0.2, 0) is 6.42 Å². The number of nitrogens with two attached hydrogens (primary N) is 1. The fourth-order valence-corrected chi connectivity index (χ4v) is 2.74. The van der Waals surface area contributed by atoms with E-state index >= 15 is 0 Å². The Morgan fingerprint density at radius 1 is 1.30 bits per heavy atom. The van der Waals surface area contributed by atoms with Gasteiger partial charge in [-0.25, -0.2) is 0 Å². The fourth-order valence-electron chi connectivity index (χ4n) is 2.74. The molecule has 20 heavy (non-hydrogen) atoms. The number of para-hydroxylation sites is 1. The Kier molecular flexibility index (Phi) is 3.18. The van der Waals surface area contributed by atoms with Gasteiger partial charge < -0.3 is 16.0 Å². The topological polar surface area (TPSA) is 67.1 Å². The van der Waals surface area contributed by atoms with Crippen molar-refractivity contribution in [2.75, 3.05) is 23.0 Å². The first-order valence-electron chi connectivity index (χ1n) is 6.88. The number of benzene rings is 1. The summed E-state index contributed by atoms with van der Waals surface area (Å²) in [5.74, 6) is 1.88. The van der Waals surface area contributed by atoms with Crippen LogP contribution >= 0.6 is 0 Å². The van der Waals surface area contributed by atoms with Crippen LogP contribution in [0.2, 0.25) is 0 Å². The van der Waals surface area contributed by atoms with Crippen LogP contribution in [0.1, 0.15) is 18.9 Å². The van der Waals surface area contributed by atoms with Crippen LogP contribution in [0.3, 0.4) is 0 Å². The zero-order valence-electron chi connectivity index (χ0n) is 11.8. The van der Waals surface area contributed by atoms with E-state index in [9.17, 15) is 0 Å². The molecule has 3 N–H and O–H groups in total. The molecule has 2 heterocycles. The summed E-state index contributed by atoms with van der Waals surface area (Å²) in [6.45, 7) is 2.22. The van der Waals surface area contributed by atoms with E-state index < -0.39 is 0 Å². The molecule has 0 saturated heterocycles. The van der Waals surface area contributed by atoms with Gasteiger partial charge in [0.1, 0.15) is 11.6 Å². The van der Waals surface area contributed by atoms with Crippen LogP contribution in [0.4, 0.5) is 23.3 Å². The first kappa shape index (κ1) is 12.7. The molecule has 0 bridgehead atoms. The Balaban J connectivity index is 2.11. The van der Waals surface area contributed by atoms with Crippen molar-refractivity contribution in [3.63, 3.8) is 0 Å². The highest BCUT2D eigenvalue weighted by Crippen LogP contribution is 2.36. The molecule has 1 aromatic heterocycles. The maximum absolute atomic E-state index is 5.82. The van der Waals surface area contributed by atoms with Gasteiger partial charge >= 0.3 is 0 Å². The van der Waals surface area contributed by atoms with Gasteiger partial charge in [-0.2, -0.15) is 9.97 Å². The first-order valence-corrected chi connectivity index (χ1v) is 6.88. The summed E-state index contributed by atoms with van der Waals surface area (Å²) in [5, 5.41) is 3.03. The van der Waals surface area contributed by atoms with Crippen molar-refractivity contribution in [3.05, 3.63) is 35.9 Å². The number of nitrogens with one attached hydrogen (secondary N) is 1. The number of aryl methyl sites for hydroxylation is 1. The number of hydrogen-bond acceptors (Lipinski definition) is 5. The summed E-state index contributed by atoms with van der Waals surface area (Å²) < 4.78 is 0. The molecule has 5 nitrogen and oxygen atoms in total. The van der Waals surface area contributed by atoms with E-state index in [1.165, 1.54) is 11.3 Å². The molecule has 0 amide bonds. The molecule has 0 radical (unpaired) electrons. The maximum atomic E-state index is 5.82. The van der Waals surface area contributed by atoms with Gasteiger partial charge in [-0.05, 0) is 31.4 Å². The second-order valence-electron chi connectivity index (χ2n) is 5.11. The van der Waals surface area contributed by atoms with Crippen molar-refractivity contribution in [2.24, 2.45) is 0 Å². The van der Waals surface area contributed by atoms with Crippen LogP contribution in [0.5, 0.6) is 0 Å². The van der Waals surface area contributed by atoms with E-state index in [0.29, 0.717) is 12.0 Å². The summed E-state index contributed by atoms with van der Waals surface area (Å²) in [5.41, 5.74) is 8.39. The molecule has 2 aromatic rings. The lowest BCUT2D eigenvalue weighted by molar-refractivity contribution is 0.613. The van der Waals surface area contributed by atoms with Gasteiger partial charge in [0.15, 0.2) is 0 Å². The Bertz CT molecular complexity index is 625. The van der Waals surface area contributed by atoms with E-state index in [1.54, 1.807) is 0 Å². The molecule has 5 heteroatoms. The number of hydrogen-bond donors (Lipinski definition) is 2. The van der Waals surface area contributed by atoms with Gasteiger partial charge in [0.05, 0.1) is 0 Å². The normalized spacial score (nSPS) is 17.7. The van der Waals surface area contributed by atoms with Crippen LogP contribution in [0, 0.1) is 0 Å². The lowest BCUT2D eigenvalue weighted by Gasteiger charge is -2.36. The highest BCUT2D eigenvalue weighted by Gasteiger charge is 2.25. The molecule has 0 saturated carbocycles. The van der Waals surface area contributed by atoms with Crippen LogP contribution < -0.4 is 16.0 Å². The van der Waals surface area contributed by atoms with Crippen molar-refractivity contribution in [2.45, 2.75) is 25.8 Å². The predicted molar refractivity (Wildman–Crippen MR) is 82.4 cm³/mol. The number of aromatic nitrogens is 2. The van der Waals surface area contributed by atoms with E-state index in [0.717, 1.165) is 24.5 Å². The third-order valence-corrected chi connectivity index (χ3v) is 3.76. The molecular weight excluding hydrogens is 250 g/mol. The second-order valence-corrected chi connectivity index (χ2v) is 5.11. The Labute approximate surface area is 118 Å². The molecule has 104 valence electrons. The summed E-state index contributed by atoms with van der Waals surface area (Å²) in [4.78, 5) is 10.8. The van der Waals surface area contributed by atoms with Gasteiger partial charge in [-0.3, -0.25) is 0 Å². The highest BCUT2D eigenvalue weighted by atomic mass is 15.2. The average molecular weight is 269 g/mol. The molecule has 0 spiro atoms. The average Bonchev–Trinajstić information content (AvgIpc) is 2.46. The third kappa shape index (κ3) is 2.15. The maximum Gasteiger partial charge on any atom is 0.223 e. The Hall–Kier alpha value is -2.30. The lowest BCUT2D eigenvalue weighted by atomic mass is 9.96. The molecule has 1 aromatic carbocycles. The number of anilines is 4. The molecule has 0 fully saturated rings. The van der Waals surface area contributed by atoms with Gasteiger partial charge in [0.2, 0.25) is 5.95 Å². The zero-order valence-corrected chi connectivity index (χ0v) is 11.8. The zero-order chi connectivity index (χ0) is 14.1. The summed E-state index contributed by atoms with van der Waals surface area (Å²) >= 11 is 0. The minimum absolute atomic E-state index is 0.294. The molecular formula is C15H19N5. The number of nitrogens with zero attached hydrogens (tertiary/aromatic N) is 3. The fraction of sp³-hybridized carbons (Fsp3) is 0.333. The minimum atomic E-state index is 0.294. The molecule has 3 rings (SSSR count). The smallest absolute Gasteiger partial charge is 0.223 e. The lowest BCUT2D eigenvalue weighted by Crippen LogP contribution is -2.34. The minimum Gasteiger partial charge on any atom is -0.373 e. The summed E-state index contributed by atoms with van der Waals surface area (Å²) in [6, 6.07) is 10.8. The van der Waals surface area contributed by atoms with Crippen LogP contribution in [0.15, 0.2) is 30.3 Å². The quantitative estimate of drug-likeness (QED) is 0.877. The van der Waals surface area contributed by atoms with Gasteiger partial charge in [-0.1, -0.05) is 18.2 Å². The van der Waals surface area contributed by atoms with E-state index in [1.807, 2.05) is 13.1 Å². The second kappa shape index (κ2) is 5.00. The first-order chi connectivity index (χ1) is 9.69. The molecule has 1 unspecified atom stereocenters. The van der Waals surface area contributed by atoms with Crippen LogP contribution in [0.25, 0.3) is 0 Å². The highest BCUT2D eigenvalue weighted by molar-refractivity contribution is 5.68. The molecule has 1 aliphatic rings. The van der Waals surface area contributed by atoms with Gasteiger partial charge in [0, 0.05) is 24.8 Å². The number of fused-ring (bicyclic) bond motifs is 1. The summed E-state index contributed by atoms with van der Waals surface area (Å²) in [6.07, 6.45) is 2.21. The molecule has 1 aliphatic heterocycles. The van der Waals surface area contributed by atoms with Crippen molar-refractivity contribution < 1.29 is 0 Å². The Morgan fingerprint density at radius 2 is 2.10 bits per heavy atom. The van der Waals surface area contributed by atoms with E-state index in [-0.39, 0.29) is 0 Å². The van der Waals surface area contributed by atoms with Crippen LogP contribution in [-0.4, -0.2) is 23.1 Å². The van der Waals surface area contributed by atoms with Crippen molar-refractivity contribution in [3.8, 4) is 0 Å². The van der Waals surface area contributed by atoms with Gasteiger partial charge in [-0.15, -0.1) is 0 Å². The monoisotopic (exact) mass is 269 g/mol. The van der Waals surface area contributed by atoms with Gasteiger partial charge in [0.25, 0.3) is 0 Å². The van der Waals surface area contributed by atoms with Crippen molar-refractivity contribution in [1.29, 1.82) is 0 Å². The predicted octanol–water partition coefficient (Wildman–Crippen LogP) is 2.57.